The molecule has 1 amide bonds. The second kappa shape index (κ2) is 10.1. The van der Waals surface area contributed by atoms with Gasteiger partial charge in [-0.05, 0) is 53.9 Å². The van der Waals surface area contributed by atoms with Gasteiger partial charge in [-0.15, -0.1) is 0 Å². The summed E-state index contributed by atoms with van der Waals surface area (Å²) in [4.78, 5) is 27.0. The summed E-state index contributed by atoms with van der Waals surface area (Å²) in [6.45, 7) is 2.48. The van der Waals surface area contributed by atoms with Crippen LogP contribution in [0.25, 0.3) is 0 Å². The molecule has 0 saturated carbocycles. The Morgan fingerprint density at radius 3 is 2.07 bits per heavy atom. The third-order valence-electron chi connectivity index (χ3n) is 5.03. The van der Waals surface area contributed by atoms with Crippen LogP contribution in [0.5, 0.6) is 0 Å². The highest BCUT2D eigenvalue weighted by molar-refractivity contribution is 6.30. The molecule has 3 rings (SSSR count). The number of nitrogens with zero attached hydrogens (tertiary/aromatic N) is 1. The van der Waals surface area contributed by atoms with Gasteiger partial charge in [-0.1, -0.05) is 61.0 Å². The van der Waals surface area contributed by atoms with Crippen molar-refractivity contribution in [2.24, 2.45) is 0 Å². The fraction of sp³-hybridized carbons (Fsp3) is 0.200. The number of esters is 1. The SMILES string of the molecule is CCC(c1ccccc1)N(Cc1ccc(C(=O)OC)cc1)C(=O)c1ccc(Cl)cc1. The molecular weight excluding hydrogens is 398 g/mol. The van der Waals surface area contributed by atoms with E-state index in [1.165, 1.54) is 7.11 Å². The zero-order chi connectivity index (χ0) is 21.5. The number of methoxy groups -OCH3 is 1. The number of hydrogen-bond donors (Lipinski definition) is 0. The van der Waals surface area contributed by atoms with Gasteiger partial charge in [0, 0.05) is 17.1 Å². The van der Waals surface area contributed by atoms with Crippen molar-refractivity contribution in [3.63, 3.8) is 0 Å². The van der Waals surface area contributed by atoms with Gasteiger partial charge in [0.2, 0.25) is 0 Å². The van der Waals surface area contributed by atoms with E-state index in [0.717, 1.165) is 17.5 Å². The molecule has 0 bridgehead atoms. The highest BCUT2D eigenvalue weighted by Gasteiger charge is 2.25. The molecule has 1 unspecified atom stereocenters. The fourth-order valence-electron chi connectivity index (χ4n) is 3.45. The van der Waals surface area contributed by atoms with Crippen LogP contribution in [0.15, 0.2) is 78.9 Å². The maximum absolute atomic E-state index is 13.5. The van der Waals surface area contributed by atoms with Crippen LogP contribution in [-0.4, -0.2) is 23.9 Å². The quantitative estimate of drug-likeness (QED) is 0.445. The van der Waals surface area contributed by atoms with E-state index >= 15 is 0 Å². The lowest BCUT2D eigenvalue weighted by Gasteiger charge is -2.32. The summed E-state index contributed by atoms with van der Waals surface area (Å²) in [5.41, 5.74) is 3.07. The van der Waals surface area contributed by atoms with E-state index in [4.69, 9.17) is 16.3 Å². The third kappa shape index (κ3) is 5.08. The molecule has 0 heterocycles. The van der Waals surface area contributed by atoms with Crippen LogP contribution < -0.4 is 0 Å². The number of ether oxygens (including phenoxy) is 1. The molecule has 1 atom stereocenters. The Hall–Kier alpha value is -3.11. The van der Waals surface area contributed by atoms with Crippen molar-refractivity contribution in [3.8, 4) is 0 Å². The van der Waals surface area contributed by atoms with E-state index in [1.807, 2.05) is 47.4 Å². The first kappa shape index (κ1) is 21.6. The number of rotatable bonds is 7. The van der Waals surface area contributed by atoms with Crippen LogP contribution in [0.2, 0.25) is 5.02 Å². The Balaban J connectivity index is 1.95. The average Bonchev–Trinajstić information content (AvgIpc) is 2.79. The Kier molecular flexibility index (Phi) is 7.26. The van der Waals surface area contributed by atoms with E-state index in [9.17, 15) is 9.59 Å². The first-order valence-electron chi connectivity index (χ1n) is 9.82. The summed E-state index contributed by atoms with van der Waals surface area (Å²) in [7, 11) is 1.36. The van der Waals surface area contributed by atoms with E-state index in [1.54, 1.807) is 36.4 Å². The molecule has 0 aromatic heterocycles. The number of halogens is 1. The number of amides is 1. The van der Waals surface area contributed by atoms with Crippen molar-refractivity contribution in [3.05, 3.63) is 106 Å². The van der Waals surface area contributed by atoms with Gasteiger partial charge in [0.05, 0.1) is 18.7 Å². The Morgan fingerprint density at radius 1 is 0.900 bits per heavy atom. The van der Waals surface area contributed by atoms with Gasteiger partial charge < -0.3 is 9.64 Å². The topological polar surface area (TPSA) is 46.6 Å². The summed E-state index contributed by atoms with van der Waals surface area (Å²) < 4.78 is 4.76. The number of carbonyl (C=O) groups is 2. The van der Waals surface area contributed by atoms with E-state index in [-0.39, 0.29) is 17.9 Å². The maximum Gasteiger partial charge on any atom is 0.337 e. The van der Waals surface area contributed by atoms with Gasteiger partial charge in [-0.2, -0.15) is 0 Å². The van der Waals surface area contributed by atoms with Gasteiger partial charge in [-0.25, -0.2) is 4.79 Å². The van der Waals surface area contributed by atoms with Crippen molar-refractivity contribution in [2.75, 3.05) is 7.11 Å². The van der Waals surface area contributed by atoms with Gasteiger partial charge >= 0.3 is 5.97 Å². The third-order valence-corrected chi connectivity index (χ3v) is 5.28. The molecule has 0 radical (unpaired) electrons. The minimum absolute atomic E-state index is 0.0700. The van der Waals surface area contributed by atoms with E-state index in [0.29, 0.717) is 22.7 Å². The second-order valence-corrected chi connectivity index (χ2v) is 7.40. The molecule has 0 saturated heterocycles. The molecule has 0 spiro atoms. The molecule has 0 fully saturated rings. The van der Waals surface area contributed by atoms with Gasteiger partial charge in [-0.3, -0.25) is 4.79 Å². The summed E-state index contributed by atoms with van der Waals surface area (Å²) in [6, 6.07) is 24.0. The summed E-state index contributed by atoms with van der Waals surface area (Å²) >= 11 is 6.00. The van der Waals surface area contributed by atoms with Crippen LogP contribution in [0, 0.1) is 0 Å². The summed E-state index contributed by atoms with van der Waals surface area (Å²) in [6.07, 6.45) is 0.767. The van der Waals surface area contributed by atoms with Crippen molar-refractivity contribution >= 4 is 23.5 Å². The van der Waals surface area contributed by atoms with Gasteiger partial charge in [0.15, 0.2) is 0 Å². The molecule has 0 aliphatic heterocycles. The molecule has 4 nitrogen and oxygen atoms in total. The first-order chi connectivity index (χ1) is 14.5. The van der Waals surface area contributed by atoms with Crippen molar-refractivity contribution in [1.82, 2.24) is 4.90 Å². The Labute approximate surface area is 182 Å². The molecular formula is C25H24ClNO3. The van der Waals surface area contributed by atoms with Crippen LogP contribution in [0.3, 0.4) is 0 Å². The average molecular weight is 422 g/mol. The minimum Gasteiger partial charge on any atom is -0.465 e. The van der Waals surface area contributed by atoms with Crippen LogP contribution >= 0.6 is 11.6 Å². The van der Waals surface area contributed by atoms with Crippen molar-refractivity contribution in [2.45, 2.75) is 25.9 Å². The largest absolute Gasteiger partial charge is 0.465 e. The molecule has 30 heavy (non-hydrogen) atoms. The molecule has 5 heteroatoms. The zero-order valence-corrected chi connectivity index (χ0v) is 17.8. The molecule has 154 valence electrons. The van der Waals surface area contributed by atoms with Crippen molar-refractivity contribution < 1.29 is 14.3 Å². The smallest absolute Gasteiger partial charge is 0.337 e. The molecule has 0 aliphatic rings. The maximum atomic E-state index is 13.5. The monoisotopic (exact) mass is 421 g/mol. The van der Waals surface area contributed by atoms with Gasteiger partial charge in [0.1, 0.15) is 0 Å². The Bertz CT molecular complexity index is 985. The van der Waals surface area contributed by atoms with E-state index < -0.39 is 0 Å². The predicted octanol–water partition coefficient (Wildman–Crippen LogP) is 5.92. The number of carbonyl (C=O) groups excluding carboxylic acids is 2. The predicted molar refractivity (Wildman–Crippen MR) is 119 cm³/mol. The highest BCUT2D eigenvalue weighted by Crippen LogP contribution is 2.28. The zero-order valence-electron chi connectivity index (χ0n) is 17.0. The molecule has 3 aromatic rings. The Morgan fingerprint density at radius 2 is 1.50 bits per heavy atom. The molecule has 0 N–H and O–H groups in total. The minimum atomic E-state index is -0.383. The fourth-order valence-corrected chi connectivity index (χ4v) is 3.58. The van der Waals surface area contributed by atoms with Crippen LogP contribution in [-0.2, 0) is 11.3 Å². The van der Waals surface area contributed by atoms with E-state index in [2.05, 4.69) is 6.92 Å². The lowest BCUT2D eigenvalue weighted by molar-refractivity contribution is 0.0598. The normalized spacial score (nSPS) is 11.6. The molecule has 3 aromatic carbocycles. The van der Waals surface area contributed by atoms with Crippen molar-refractivity contribution in [1.29, 1.82) is 0 Å². The highest BCUT2D eigenvalue weighted by atomic mass is 35.5. The number of benzene rings is 3. The van der Waals surface area contributed by atoms with Gasteiger partial charge in [0.25, 0.3) is 5.91 Å². The lowest BCUT2D eigenvalue weighted by atomic mass is 10.00. The van der Waals surface area contributed by atoms with Crippen LogP contribution in [0.4, 0.5) is 0 Å². The first-order valence-corrected chi connectivity index (χ1v) is 10.2. The van der Waals surface area contributed by atoms with Crippen LogP contribution in [0.1, 0.15) is 51.2 Å². The summed E-state index contributed by atoms with van der Waals surface area (Å²) in [5.74, 6) is -0.453. The molecule has 0 aliphatic carbocycles. The second-order valence-electron chi connectivity index (χ2n) is 6.96. The number of hydrogen-bond acceptors (Lipinski definition) is 3. The lowest BCUT2D eigenvalue weighted by Crippen LogP contribution is -2.34. The standard InChI is InChI=1S/C25H24ClNO3/c1-3-23(19-7-5-4-6-8-19)27(24(28)20-13-15-22(26)16-14-20)17-18-9-11-21(12-10-18)25(29)30-2/h4-16,23H,3,17H2,1-2H3. The summed E-state index contributed by atoms with van der Waals surface area (Å²) in [5, 5.41) is 0.589.